The molecular formula is C9H20ClNO. The lowest BCUT2D eigenvalue weighted by molar-refractivity contribution is 0.0670. The quantitative estimate of drug-likeness (QED) is 0.702. The van der Waals surface area contributed by atoms with E-state index in [1.807, 2.05) is 6.92 Å². The highest BCUT2D eigenvalue weighted by Crippen LogP contribution is 2.27. The fourth-order valence-electron chi connectivity index (χ4n) is 1.90. The van der Waals surface area contributed by atoms with E-state index in [4.69, 9.17) is 5.73 Å². The Morgan fingerprint density at radius 3 is 2.17 bits per heavy atom. The van der Waals surface area contributed by atoms with E-state index in [0.29, 0.717) is 5.92 Å². The van der Waals surface area contributed by atoms with Crippen LogP contribution in [-0.2, 0) is 0 Å². The second kappa shape index (κ2) is 5.79. The minimum absolute atomic E-state index is 0. The van der Waals surface area contributed by atoms with Gasteiger partial charge in [-0.05, 0) is 25.7 Å². The Labute approximate surface area is 80.9 Å². The van der Waals surface area contributed by atoms with Gasteiger partial charge in [0.05, 0.1) is 6.10 Å². The summed E-state index contributed by atoms with van der Waals surface area (Å²) >= 11 is 0. The summed E-state index contributed by atoms with van der Waals surface area (Å²) in [7, 11) is 0. The predicted octanol–water partition coefficient (Wildman–Crippen LogP) is 1.70. The Bertz CT molecular complexity index is 113. The van der Waals surface area contributed by atoms with E-state index in [1.165, 1.54) is 32.1 Å². The fourth-order valence-corrected chi connectivity index (χ4v) is 1.90. The zero-order valence-electron chi connectivity index (χ0n) is 7.70. The Morgan fingerprint density at radius 1 is 1.25 bits per heavy atom. The van der Waals surface area contributed by atoms with Crippen LogP contribution < -0.4 is 5.73 Å². The topological polar surface area (TPSA) is 46.2 Å². The van der Waals surface area contributed by atoms with Gasteiger partial charge in [0.25, 0.3) is 0 Å². The van der Waals surface area contributed by atoms with Crippen molar-refractivity contribution in [3.63, 3.8) is 0 Å². The number of rotatable bonds is 2. The summed E-state index contributed by atoms with van der Waals surface area (Å²) < 4.78 is 0. The first-order chi connectivity index (χ1) is 5.22. The van der Waals surface area contributed by atoms with E-state index < -0.39 is 0 Å². The van der Waals surface area contributed by atoms with Gasteiger partial charge in [-0.25, -0.2) is 0 Å². The summed E-state index contributed by atoms with van der Waals surface area (Å²) in [4.78, 5) is 0. The number of hydrogen-bond acceptors (Lipinski definition) is 2. The molecule has 0 bridgehead atoms. The largest absolute Gasteiger partial charge is 0.391 e. The van der Waals surface area contributed by atoms with Crippen molar-refractivity contribution in [2.75, 3.05) is 0 Å². The molecule has 0 aliphatic heterocycles. The average Bonchev–Trinajstić information content (AvgIpc) is 2.05. The first-order valence-electron chi connectivity index (χ1n) is 4.65. The second-order valence-electron chi connectivity index (χ2n) is 3.75. The lowest BCUT2D eigenvalue weighted by atomic mass is 9.83. The maximum Gasteiger partial charge on any atom is 0.0716 e. The standard InChI is InChI=1S/C9H19NO.ClH/c1-7(10)9(11)8-5-3-2-4-6-8;/h7-9,11H,2-6,10H2,1H3;1H/t7-,9?;/m0./s1. The number of halogens is 1. The molecule has 0 aromatic carbocycles. The van der Waals surface area contributed by atoms with E-state index in [0.717, 1.165) is 0 Å². The van der Waals surface area contributed by atoms with Crippen molar-refractivity contribution in [2.45, 2.75) is 51.2 Å². The third-order valence-corrected chi connectivity index (χ3v) is 2.67. The van der Waals surface area contributed by atoms with E-state index in [1.54, 1.807) is 0 Å². The molecule has 3 N–H and O–H groups in total. The van der Waals surface area contributed by atoms with Crippen LogP contribution in [0.5, 0.6) is 0 Å². The molecule has 1 saturated carbocycles. The SMILES string of the molecule is C[C@H](N)C(O)C1CCCCC1.Cl. The van der Waals surface area contributed by atoms with E-state index in [2.05, 4.69) is 0 Å². The van der Waals surface area contributed by atoms with Gasteiger partial charge in [0.1, 0.15) is 0 Å². The lowest BCUT2D eigenvalue weighted by Gasteiger charge is -2.28. The van der Waals surface area contributed by atoms with Crippen molar-refractivity contribution >= 4 is 12.4 Å². The second-order valence-corrected chi connectivity index (χ2v) is 3.75. The van der Waals surface area contributed by atoms with Crippen LogP contribution in [0.2, 0.25) is 0 Å². The highest BCUT2D eigenvalue weighted by Gasteiger charge is 2.23. The van der Waals surface area contributed by atoms with Crippen LogP contribution in [-0.4, -0.2) is 17.3 Å². The molecule has 2 nitrogen and oxygen atoms in total. The molecule has 0 aromatic rings. The number of aliphatic hydroxyl groups excluding tert-OH is 1. The van der Waals surface area contributed by atoms with E-state index in [9.17, 15) is 5.11 Å². The normalized spacial score (nSPS) is 24.2. The molecule has 0 saturated heterocycles. The van der Waals surface area contributed by atoms with Crippen LogP contribution in [0.1, 0.15) is 39.0 Å². The Balaban J connectivity index is 0.00000121. The third-order valence-electron chi connectivity index (χ3n) is 2.67. The van der Waals surface area contributed by atoms with Crippen LogP contribution in [0.15, 0.2) is 0 Å². The fraction of sp³-hybridized carbons (Fsp3) is 1.00. The van der Waals surface area contributed by atoms with Crippen LogP contribution >= 0.6 is 12.4 Å². The van der Waals surface area contributed by atoms with Gasteiger partial charge in [0.2, 0.25) is 0 Å². The third kappa shape index (κ3) is 3.30. The van der Waals surface area contributed by atoms with Gasteiger partial charge in [-0.1, -0.05) is 19.3 Å². The molecule has 0 radical (unpaired) electrons. The molecular weight excluding hydrogens is 174 g/mol. The molecule has 1 aliphatic carbocycles. The minimum Gasteiger partial charge on any atom is -0.391 e. The first-order valence-corrected chi connectivity index (χ1v) is 4.65. The van der Waals surface area contributed by atoms with Gasteiger partial charge >= 0.3 is 0 Å². The highest BCUT2D eigenvalue weighted by molar-refractivity contribution is 5.85. The number of aliphatic hydroxyl groups is 1. The Morgan fingerprint density at radius 2 is 1.75 bits per heavy atom. The van der Waals surface area contributed by atoms with Gasteiger partial charge in [-0.3, -0.25) is 0 Å². The number of nitrogens with two attached hydrogens (primary N) is 1. The summed E-state index contributed by atoms with van der Waals surface area (Å²) in [5, 5.41) is 9.63. The zero-order valence-corrected chi connectivity index (χ0v) is 8.52. The number of hydrogen-bond donors (Lipinski definition) is 2. The maximum atomic E-state index is 9.63. The summed E-state index contributed by atoms with van der Waals surface area (Å²) in [5.74, 6) is 0.476. The van der Waals surface area contributed by atoms with Crippen molar-refractivity contribution in [3.8, 4) is 0 Å². The summed E-state index contributed by atoms with van der Waals surface area (Å²) in [6, 6.07) is -0.0573. The van der Waals surface area contributed by atoms with Gasteiger partial charge in [0.15, 0.2) is 0 Å². The summed E-state index contributed by atoms with van der Waals surface area (Å²) in [6.45, 7) is 1.89. The molecule has 0 spiro atoms. The van der Waals surface area contributed by atoms with Gasteiger partial charge in [0, 0.05) is 6.04 Å². The predicted molar refractivity (Wildman–Crippen MR) is 53.5 cm³/mol. The zero-order chi connectivity index (χ0) is 8.27. The first kappa shape index (κ1) is 12.2. The molecule has 0 aromatic heterocycles. The summed E-state index contributed by atoms with van der Waals surface area (Å²) in [5.41, 5.74) is 5.62. The van der Waals surface area contributed by atoms with Crippen LogP contribution in [0, 0.1) is 5.92 Å². The van der Waals surface area contributed by atoms with Crippen LogP contribution in [0.25, 0.3) is 0 Å². The van der Waals surface area contributed by atoms with Crippen molar-refractivity contribution in [1.82, 2.24) is 0 Å². The molecule has 3 heteroatoms. The smallest absolute Gasteiger partial charge is 0.0716 e. The van der Waals surface area contributed by atoms with Crippen molar-refractivity contribution in [3.05, 3.63) is 0 Å². The molecule has 1 fully saturated rings. The molecule has 0 amide bonds. The molecule has 1 rings (SSSR count). The Hall–Kier alpha value is 0.210. The van der Waals surface area contributed by atoms with Crippen molar-refractivity contribution in [2.24, 2.45) is 11.7 Å². The van der Waals surface area contributed by atoms with Crippen LogP contribution in [0.3, 0.4) is 0 Å². The average molecular weight is 194 g/mol. The monoisotopic (exact) mass is 193 g/mol. The van der Waals surface area contributed by atoms with E-state index >= 15 is 0 Å². The molecule has 74 valence electrons. The minimum atomic E-state index is -0.268. The molecule has 1 aliphatic rings. The van der Waals surface area contributed by atoms with Crippen molar-refractivity contribution in [1.29, 1.82) is 0 Å². The Kier molecular flexibility index (Phi) is 5.89. The van der Waals surface area contributed by atoms with Crippen molar-refractivity contribution < 1.29 is 5.11 Å². The highest BCUT2D eigenvalue weighted by atomic mass is 35.5. The van der Waals surface area contributed by atoms with Gasteiger partial charge in [-0.2, -0.15) is 0 Å². The summed E-state index contributed by atoms with van der Waals surface area (Å²) in [6.07, 6.45) is 5.95. The molecule has 0 heterocycles. The lowest BCUT2D eigenvalue weighted by Crippen LogP contribution is -2.38. The molecule has 12 heavy (non-hydrogen) atoms. The van der Waals surface area contributed by atoms with Gasteiger partial charge in [-0.15, -0.1) is 12.4 Å². The molecule has 2 atom stereocenters. The molecule has 1 unspecified atom stereocenters. The maximum absolute atomic E-state index is 9.63. The van der Waals surface area contributed by atoms with Crippen LogP contribution in [0.4, 0.5) is 0 Å². The van der Waals surface area contributed by atoms with E-state index in [-0.39, 0.29) is 24.6 Å². The van der Waals surface area contributed by atoms with Gasteiger partial charge < -0.3 is 10.8 Å².